The molecule has 0 N–H and O–H groups in total. The summed E-state index contributed by atoms with van der Waals surface area (Å²) in [6.45, 7) is 12.6. The summed E-state index contributed by atoms with van der Waals surface area (Å²) < 4.78 is 11.7. The Labute approximate surface area is 178 Å². The molecule has 0 heterocycles. The molecule has 150 valence electrons. The van der Waals surface area contributed by atoms with Gasteiger partial charge in [-0.15, -0.1) is 0 Å². The molecule has 1 aliphatic carbocycles. The molecule has 2 unspecified atom stereocenters. The molecule has 5 heteroatoms. The predicted octanol–water partition coefficient (Wildman–Crippen LogP) is 6.04. The number of alkyl halides is 1. The van der Waals surface area contributed by atoms with E-state index in [4.69, 9.17) is 9.16 Å². The summed E-state index contributed by atoms with van der Waals surface area (Å²) in [5.41, 5.74) is 4.47. The molecule has 2 aromatic carbocycles. The van der Waals surface area contributed by atoms with Gasteiger partial charge < -0.3 is 9.16 Å². The third kappa shape index (κ3) is 3.98. The third-order valence-electron chi connectivity index (χ3n) is 4.94. The number of hydrogen-bond acceptors (Lipinski definition) is 3. The Morgan fingerprint density at radius 2 is 1.75 bits per heavy atom. The highest BCUT2D eigenvalue weighted by Gasteiger charge is 2.49. The molecule has 2 atom stereocenters. The lowest BCUT2D eigenvalue weighted by molar-refractivity contribution is -0.131. The summed E-state index contributed by atoms with van der Waals surface area (Å²) >= 11 is 4.15. The lowest BCUT2D eigenvalue weighted by Crippen LogP contribution is -2.40. The van der Waals surface area contributed by atoms with E-state index < -0.39 is 13.4 Å². The maximum absolute atomic E-state index is 11.7. The summed E-state index contributed by atoms with van der Waals surface area (Å²) in [6, 6.07) is 14.3. The van der Waals surface area contributed by atoms with Crippen LogP contribution < -0.4 is 4.74 Å². The van der Waals surface area contributed by atoms with Crippen LogP contribution in [0, 0.1) is 5.41 Å². The van der Waals surface area contributed by atoms with Crippen LogP contribution in [0.2, 0.25) is 13.1 Å². The summed E-state index contributed by atoms with van der Waals surface area (Å²) in [4.78, 5) is 11.7. The molecular formula is C23H29BrO3Si. The van der Waals surface area contributed by atoms with Crippen molar-refractivity contribution in [2.45, 2.75) is 57.6 Å². The van der Waals surface area contributed by atoms with E-state index in [9.17, 15) is 4.79 Å². The fraction of sp³-hybridized carbons (Fsp3) is 0.435. The zero-order valence-electron chi connectivity index (χ0n) is 17.5. The Kier molecular flexibility index (Phi) is 5.90. The average Bonchev–Trinajstić information content (AvgIpc) is 2.84. The largest absolute Gasteiger partial charge is 0.426 e. The maximum atomic E-state index is 11.7. The minimum Gasteiger partial charge on any atom is -0.426 e. The average molecular weight is 461 g/mol. The maximum Gasteiger partial charge on any atom is 0.308 e. The van der Waals surface area contributed by atoms with Crippen LogP contribution in [0.5, 0.6) is 5.75 Å². The Morgan fingerprint density at radius 1 is 1.11 bits per heavy atom. The molecule has 3 nitrogen and oxygen atoms in total. The smallest absolute Gasteiger partial charge is 0.308 e. The standard InChI is InChI=1S/C23H29BrO3Si/c1-15(25)26-19-13-9-12-18-21(19)16-10-7-8-11-17(16)23(18,24)20(27-28(5)6)14-22(2,3)4/h7-13,20,28H,14H2,1-6H3. The lowest BCUT2D eigenvalue weighted by Gasteiger charge is -2.39. The highest BCUT2D eigenvalue weighted by Crippen LogP contribution is 2.59. The van der Waals surface area contributed by atoms with E-state index in [1.807, 2.05) is 18.2 Å². The van der Waals surface area contributed by atoms with Gasteiger partial charge in [-0.25, -0.2) is 0 Å². The molecule has 0 spiro atoms. The summed E-state index contributed by atoms with van der Waals surface area (Å²) in [5, 5.41) is 0. The van der Waals surface area contributed by atoms with Gasteiger partial charge in [-0.3, -0.25) is 4.79 Å². The van der Waals surface area contributed by atoms with Crippen molar-refractivity contribution in [1.82, 2.24) is 0 Å². The minimum atomic E-state index is -1.30. The molecular weight excluding hydrogens is 432 g/mol. The lowest BCUT2D eigenvalue weighted by atomic mass is 9.81. The molecule has 0 amide bonds. The van der Waals surface area contributed by atoms with E-state index in [0.29, 0.717) is 5.75 Å². The first-order chi connectivity index (χ1) is 13.0. The second-order valence-electron chi connectivity index (χ2n) is 8.97. The van der Waals surface area contributed by atoms with Gasteiger partial charge in [0.2, 0.25) is 0 Å². The van der Waals surface area contributed by atoms with Crippen molar-refractivity contribution in [3.63, 3.8) is 0 Å². The summed E-state index contributed by atoms with van der Waals surface area (Å²) in [7, 11) is -1.30. The van der Waals surface area contributed by atoms with E-state index in [-0.39, 0.29) is 17.5 Å². The fourth-order valence-corrected chi connectivity index (χ4v) is 6.13. The molecule has 2 aromatic rings. The zero-order valence-corrected chi connectivity index (χ0v) is 20.2. The minimum absolute atomic E-state index is 0.0193. The number of carbonyl (C=O) groups is 1. The van der Waals surface area contributed by atoms with Crippen LogP contribution in [0.4, 0.5) is 0 Å². The Balaban J connectivity index is 2.25. The number of benzene rings is 2. The number of fused-ring (bicyclic) bond motifs is 3. The van der Waals surface area contributed by atoms with Crippen LogP contribution >= 0.6 is 15.9 Å². The number of rotatable bonds is 5. The van der Waals surface area contributed by atoms with Crippen molar-refractivity contribution in [3.8, 4) is 16.9 Å². The predicted molar refractivity (Wildman–Crippen MR) is 121 cm³/mol. The van der Waals surface area contributed by atoms with Crippen molar-refractivity contribution in [3.05, 3.63) is 53.6 Å². The van der Waals surface area contributed by atoms with Gasteiger partial charge in [0.1, 0.15) is 10.1 Å². The van der Waals surface area contributed by atoms with Gasteiger partial charge in [0.25, 0.3) is 0 Å². The van der Waals surface area contributed by atoms with Gasteiger partial charge in [0.15, 0.2) is 9.04 Å². The number of hydrogen-bond donors (Lipinski definition) is 0. The van der Waals surface area contributed by atoms with E-state index in [1.54, 1.807) is 0 Å². The van der Waals surface area contributed by atoms with E-state index >= 15 is 0 Å². The van der Waals surface area contributed by atoms with Gasteiger partial charge >= 0.3 is 5.97 Å². The van der Waals surface area contributed by atoms with Gasteiger partial charge in [-0.1, -0.05) is 73.1 Å². The first-order valence-electron chi connectivity index (χ1n) is 9.80. The molecule has 0 bridgehead atoms. The molecule has 1 aliphatic rings. The molecule has 0 radical (unpaired) electrons. The SMILES string of the molecule is CC(=O)Oc1cccc2c1-c1ccccc1C2(Br)C(CC(C)(C)C)O[SiH](C)C. The van der Waals surface area contributed by atoms with Crippen LogP contribution in [0.1, 0.15) is 45.2 Å². The van der Waals surface area contributed by atoms with Gasteiger partial charge in [0, 0.05) is 12.5 Å². The van der Waals surface area contributed by atoms with Gasteiger partial charge in [0.05, 0.1) is 6.10 Å². The fourth-order valence-electron chi connectivity index (χ4n) is 4.03. The van der Waals surface area contributed by atoms with E-state index in [0.717, 1.165) is 23.1 Å². The number of carbonyl (C=O) groups excluding carboxylic acids is 1. The molecule has 0 aromatic heterocycles. The van der Waals surface area contributed by atoms with Crippen molar-refractivity contribution in [2.24, 2.45) is 5.41 Å². The molecule has 28 heavy (non-hydrogen) atoms. The van der Waals surface area contributed by atoms with E-state index in [2.05, 4.69) is 74.1 Å². The van der Waals surface area contributed by atoms with Crippen LogP contribution in [0.3, 0.4) is 0 Å². The third-order valence-corrected chi connectivity index (χ3v) is 7.18. The second-order valence-corrected chi connectivity index (χ2v) is 12.6. The monoisotopic (exact) mass is 460 g/mol. The van der Waals surface area contributed by atoms with E-state index in [1.165, 1.54) is 12.5 Å². The van der Waals surface area contributed by atoms with Crippen LogP contribution in [-0.4, -0.2) is 21.1 Å². The van der Waals surface area contributed by atoms with Gasteiger partial charge in [-0.2, -0.15) is 0 Å². The Hall–Kier alpha value is -1.43. The number of ether oxygens (including phenoxy) is 1. The van der Waals surface area contributed by atoms with Crippen LogP contribution in [0.25, 0.3) is 11.1 Å². The van der Waals surface area contributed by atoms with Crippen LogP contribution in [0.15, 0.2) is 42.5 Å². The molecule has 0 saturated carbocycles. The van der Waals surface area contributed by atoms with Crippen molar-refractivity contribution in [2.75, 3.05) is 0 Å². The highest BCUT2D eigenvalue weighted by atomic mass is 79.9. The molecule has 0 saturated heterocycles. The van der Waals surface area contributed by atoms with Crippen LogP contribution in [-0.2, 0) is 13.5 Å². The number of esters is 1. The number of halogens is 1. The highest BCUT2D eigenvalue weighted by molar-refractivity contribution is 9.09. The van der Waals surface area contributed by atoms with Crippen molar-refractivity contribution in [1.29, 1.82) is 0 Å². The molecule has 0 aliphatic heterocycles. The summed E-state index contributed by atoms with van der Waals surface area (Å²) in [5.74, 6) is 0.296. The molecule has 0 fully saturated rings. The molecule has 3 rings (SSSR count). The van der Waals surface area contributed by atoms with Gasteiger partial charge in [-0.05, 0) is 47.7 Å². The Morgan fingerprint density at radius 3 is 2.36 bits per heavy atom. The first kappa shape index (κ1) is 21.3. The first-order valence-corrected chi connectivity index (χ1v) is 13.4. The normalized spacial score (nSPS) is 19.3. The van der Waals surface area contributed by atoms with Crippen molar-refractivity contribution < 1.29 is 14.0 Å². The topological polar surface area (TPSA) is 35.5 Å². The zero-order chi connectivity index (χ0) is 20.7. The Bertz CT molecular complexity index is 888. The second kappa shape index (κ2) is 7.77. The quantitative estimate of drug-likeness (QED) is 0.236. The van der Waals surface area contributed by atoms with Crippen molar-refractivity contribution >= 4 is 30.9 Å². The summed E-state index contributed by atoms with van der Waals surface area (Å²) in [6.07, 6.45) is 0.892.